The minimum absolute atomic E-state index is 0.0928. The quantitative estimate of drug-likeness (QED) is 0.646. The lowest BCUT2D eigenvalue weighted by atomic mass is 10.0. The minimum atomic E-state index is 0.0928. The smallest absolute Gasteiger partial charge is 0.193 e. The van der Waals surface area contributed by atoms with Crippen LogP contribution in [0.15, 0.2) is 29.3 Å². The molecule has 3 rings (SSSR count). The van der Waals surface area contributed by atoms with E-state index < -0.39 is 0 Å². The summed E-state index contributed by atoms with van der Waals surface area (Å²) in [5.74, 6) is 0.963. The maximum Gasteiger partial charge on any atom is 0.193 e. The van der Waals surface area contributed by atoms with Crippen molar-refractivity contribution in [1.82, 2.24) is 15.1 Å². The Morgan fingerprint density at radius 1 is 1.30 bits per heavy atom. The molecule has 6 heteroatoms. The second kappa shape index (κ2) is 9.53. The third kappa shape index (κ3) is 5.00. The Morgan fingerprint density at radius 2 is 2.11 bits per heavy atom. The number of benzene rings is 1. The van der Waals surface area contributed by atoms with E-state index in [0.717, 1.165) is 52.0 Å². The van der Waals surface area contributed by atoms with Crippen molar-refractivity contribution >= 4 is 5.96 Å². The van der Waals surface area contributed by atoms with E-state index >= 15 is 0 Å². The maximum atomic E-state index is 6.06. The number of nitrogens with zero attached hydrogens (tertiary/aromatic N) is 3. The topological polar surface area (TPSA) is 49.3 Å². The fourth-order valence-electron chi connectivity index (χ4n) is 4.06. The molecule has 2 heterocycles. The molecule has 0 aliphatic carbocycles. The van der Waals surface area contributed by atoms with E-state index in [1.54, 1.807) is 0 Å². The van der Waals surface area contributed by atoms with Gasteiger partial charge in [0.25, 0.3) is 0 Å². The van der Waals surface area contributed by atoms with E-state index in [1.165, 1.54) is 11.1 Å². The Bertz CT molecular complexity index is 636. The number of morpholine rings is 2. The van der Waals surface area contributed by atoms with Crippen LogP contribution < -0.4 is 5.32 Å². The number of ether oxygens (including phenoxy) is 2. The number of aryl methyl sites for hydroxylation is 1. The van der Waals surface area contributed by atoms with Crippen molar-refractivity contribution in [3.05, 3.63) is 35.4 Å². The van der Waals surface area contributed by atoms with Crippen LogP contribution >= 0.6 is 0 Å². The third-order valence-corrected chi connectivity index (χ3v) is 5.65. The van der Waals surface area contributed by atoms with Gasteiger partial charge in [-0.3, -0.25) is 9.89 Å². The van der Waals surface area contributed by atoms with Crippen molar-refractivity contribution in [2.75, 3.05) is 53.0 Å². The van der Waals surface area contributed by atoms with Crippen LogP contribution in [0.4, 0.5) is 0 Å². The van der Waals surface area contributed by atoms with Gasteiger partial charge in [0.1, 0.15) is 6.10 Å². The average Bonchev–Trinajstić information content (AvgIpc) is 2.69. The van der Waals surface area contributed by atoms with Crippen molar-refractivity contribution in [1.29, 1.82) is 0 Å². The Kier molecular flexibility index (Phi) is 7.10. The second-order valence-corrected chi connectivity index (χ2v) is 7.60. The summed E-state index contributed by atoms with van der Waals surface area (Å²) in [7, 11) is 1.86. The molecular formula is C21H34N4O2. The van der Waals surface area contributed by atoms with Gasteiger partial charge in [0, 0.05) is 38.8 Å². The van der Waals surface area contributed by atoms with Crippen molar-refractivity contribution in [3.63, 3.8) is 0 Å². The predicted octanol–water partition coefficient (Wildman–Crippen LogP) is 2.05. The molecule has 2 aliphatic heterocycles. The van der Waals surface area contributed by atoms with Gasteiger partial charge >= 0.3 is 0 Å². The highest BCUT2D eigenvalue weighted by Crippen LogP contribution is 2.25. The molecule has 2 saturated heterocycles. The lowest BCUT2D eigenvalue weighted by molar-refractivity contribution is -0.0185. The summed E-state index contributed by atoms with van der Waals surface area (Å²) in [4.78, 5) is 9.36. The first kappa shape index (κ1) is 20.1. The Balaban J connectivity index is 1.57. The van der Waals surface area contributed by atoms with Crippen molar-refractivity contribution in [3.8, 4) is 0 Å². The lowest BCUT2D eigenvalue weighted by Gasteiger charge is -2.39. The van der Waals surface area contributed by atoms with Crippen LogP contribution in [0.3, 0.4) is 0 Å². The number of nitrogens with one attached hydrogen (secondary N) is 1. The van der Waals surface area contributed by atoms with Crippen LogP contribution in [0.2, 0.25) is 0 Å². The maximum absolute atomic E-state index is 6.06. The van der Waals surface area contributed by atoms with Gasteiger partial charge in [-0.2, -0.15) is 0 Å². The zero-order chi connectivity index (χ0) is 19.2. The van der Waals surface area contributed by atoms with E-state index in [2.05, 4.69) is 65.1 Å². The molecule has 3 atom stereocenters. The Labute approximate surface area is 163 Å². The summed E-state index contributed by atoms with van der Waals surface area (Å²) >= 11 is 0. The monoisotopic (exact) mass is 374 g/mol. The molecule has 2 fully saturated rings. The Hall–Kier alpha value is -1.63. The normalized spacial score (nSPS) is 26.1. The molecule has 0 saturated carbocycles. The number of aliphatic imine (C=N–C) groups is 1. The van der Waals surface area contributed by atoms with Gasteiger partial charge in [0.2, 0.25) is 0 Å². The highest BCUT2D eigenvalue weighted by Gasteiger charge is 2.27. The summed E-state index contributed by atoms with van der Waals surface area (Å²) in [6.07, 6.45) is 0.0928. The molecule has 150 valence electrons. The predicted molar refractivity (Wildman–Crippen MR) is 109 cm³/mol. The largest absolute Gasteiger partial charge is 0.379 e. The summed E-state index contributed by atoms with van der Waals surface area (Å²) in [6.45, 7) is 12.6. The third-order valence-electron chi connectivity index (χ3n) is 5.65. The molecule has 1 aromatic rings. The molecule has 0 aromatic heterocycles. The Morgan fingerprint density at radius 3 is 2.85 bits per heavy atom. The molecular weight excluding hydrogens is 340 g/mol. The molecule has 0 amide bonds. The highest BCUT2D eigenvalue weighted by molar-refractivity contribution is 5.80. The molecule has 0 spiro atoms. The summed E-state index contributed by atoms with van der Waals surface area (Å²) in [6, 6.07) is 9.38. The van der Waals surface area contributed by atoms with Gasteiger partial charge in [-0.1, -0.05) is 24.3 Å². The van der Waals surface area contributed by atoms with Crippen LogP contribution in [0.1, 0.15) is 31.1 Å². The SMILES string of the molecule is CN=C(NCC(C)N1CCOCC1C)N1CCOC(c2ccccc2C)C1. The fraction of sp³-hybridized carbons (Fsp3) is 0.667. The van der Waals surface area contributed by atoms with E-state index in [9.17, 15) is 0 Å². The zero-order valence-electron chi connectivity index (χ0n) is 17.1. The fourth-order valence-corrected chi connectivity index (χ4v) is 4.06. The van der Waals surface area contributed by atoms with Gasteiger partial charge in [-0.15, -0.1) is 0 Å². The van der Waals surface area contributed by atoms with Crippen LogP contribution in [0.25, 0.3) is 0 Å². The summed E-state index contributed by atoms with van der Waals surface area (Å²) < 4.78 is 11.6. The molecule has 6 nitrogen and oxygen atoms in total. The first-order valence-corrected chi connectivity index (χ1v) is 10.1. The molecule has 1 aromatic carbocycles. The van der Waals surface area contributed by atoms with Crippen LogP contribution in [-0.4, -0.2) is 80.9 Å². The van der Waals surface area contributed by atoms with Gasteiger partial charge in [-0.05, 0) is 31.9 Å². The second-order valence-electron chi connectivity index (χ2n) is 7.60. The molecule has 3 unspecified atom stereocenters. The van der Waals surface area contributed by atoms with E-state index in [1.807, 2.05) is 7.05 Å². The molecule has 27 heavy (non-hydrogen) atoms. The number of rotatable bonds is 4. The molecule has 2 aliphatic rings. The number of guanidine groups is 1. The van der Waals surface area contributed by atoms with Crippen LogP contribution in [0, 0.1) is 6.92 Å². The van der Waals surface area contributed by atoms with Gasteiger partial charge in [-0.25, -0.2) is 0 Å². The summed E-state index contributed by atoms with van der Waals surface area (Å²) in [5, 5.41) is 3.58. The van der Waals surface area contributed by atoms with Crippen LogP contribution in [-0.2, 0) is 9.47 Å². The number of hydrogen-bond donors (Lipinski definition) is 1. The zero-order valence-corrected chi connectivity index (χ0v) is 17.1. The first-order valence-electron chi connectivity index (χ1n) is 10.1. The van der Waals surface area contributed by atoms with Crippen LogP contribution in [0.5, 0.6) is 0 Å². The molecule has 0 radical (unpaired) electrons. The number of hydrogen-bond acceptors (Lipinski definition) is 4. The highest BCUT2D eigenvalue weighted by atomic mass is 16.5. The molecule has 1 N–H and O–H groups in total. The van der Waals surface area contributed by atoms with Crippen molar-refractivity contribution < 1.29 is 9.47 Å². The summed E-state index contributed by atoms with van der Waals surface area (Å²) in [5.41, 5.74) is 2.55. The van der Waals surface area contributed by atoms with Gasteiger partial charge in [0.15, 0.2) is 5.96 Å². The van der Waals surface area contributed by atoms with E-state index in [0.29, 0.717) is 12.1 Å². The average molecular weight is 375 g/mol. The standard InChI is InChI=1S/C21H34N4O2/c1-16-7-5-6-8-19(16)20-14-24(9-12-27-20)21(22-4)23-13-17(2)25-10-11-26-15-18(25)3/h5-8,17-18,20H,9-15H2,1-4H3,(H,22,23). The first-order chi connectivity index (χ1) is 13.1. The van der Waals surface area contributed by atoms with E-state index in [-0.39, 0.29) is 6.10 Å². The lowest BCUT2D eigenvalue weighted by Crippen LogP contribution is -2.54. The van der Waals surface area contributed by atoms with E-state index in [4.69, 9.17) is 9.47 Å². The minimum Gasteiger partial charge on any atom is -0.379 e. The van der Waals surface area contributed by atoms with Gasteiger partial charge < -0.3 is 19.7 Å². The van der Waals surface area contributed by atoms with Gasteiger partial charge in [0.05, 0.1) is 26.4 Å². The van der Waals surface area contributed by atoms with Crippen molar-refractivity contribution in [2.45, 2.75) is 39.0 Å². The van der Waals surface area contributed by atoms with Crippen molar-refractivity contribution in [2.24, 2.45) is 4.99 Å². The molecule has 0 bridgehead atoms.